The van der Waals surface area contributed by atoms with E-state index in [1.807, 2.05) is 50.2 Å². The second kappa shape index (κ2) is 11.7. The number of anilines is 3. The molecular formula is C37H34ClNO2. The molecule has 0 aliphatic heterocycles. The van der Waals surface area contributed by atoms with E-state index in [1.54, 1.807) is 0 Å². The normalized spacial score (nSPS) is 13.4. The van der Waals surface area contributed by atoms with Gasteiger partial charge in [0.1, 0.15) is 11.5 Å². The summed E-state index contributed by atoms with van der Waals surface area (Å²) in [6.07, 6.45) is 0.913. The minimum absolute atomic E-state index is 0.253. The van der Waals surface area contributed by atoms with Crippen molar-refractivity contribution in [3.63, 3.8) is 0 Å². The lowest BCUT2D eigenvalue weighted by molar-refractivity contribution is 0.340. The summed E-state index contributed by atoms with van der Waals surface area (Å²) in [4.78, 5) is 2.35. The van der Waals surface area contributed by atoms with Gasteiger partial charge in [0.15, 0.2) is 0 Å². The summed E-state index contributed by atoms with van der Waals surface area (Å²) in [6, 6.07) is 38.6. The molecule has 41 heavy (non-hydrogen) atoms. The van der Waals surface area contributed by atoms with E-state index >= 15 is 0 Å². The Kier molecular flexibility index (Phi) is 7.71. The molecule has 0 N–H and O–H groups in total. The fourth-order valence-electron chi connectivity index (χ4n) is 5.91. The maximum Gasteiger partial charge on any atom is 0.119 e. The molecule has 5 aromatic rings. The van der Waals surface area contributed by atoms with E-state index < -0.39 is 0 Å². The molecule has 0 spiro atoms. The van der Waals surface area contributed by atoms with Crippen LogP contribution in [0.3, 0.4) is 0 Å². The van der Waals surface area contributed by atoms with Gasteiger partial charge in [-0.2, -0.15) is 0 Å². The van der Waals surface area contributed by atoms with Gasteiger partial charge in [-0.1, -0.05) is 59.6 Å². The van der Waals surface area contributed by atoms with Gasteiger partial charge >= 0.3 is 0 Å². The van der Waals surface area contributed by atoms with Crippen molar-refractivity contribution in [2.75, 3.05) is 18.1 Å². The van der Waals surface area contributed by atoms with Crippen LogP contribution in [0.1, 0.15) is 42.0 Å². The Labute approximate surface area is 247 Å². The molecule has 3 nitrogen and oxygen atoms in total. The summed E-state index contributed by atoms with van der Waals surface area (Å²) < 4.78 is 11.5. The van der Waals surface area contributed by atoms with E-state index in [0.717, 1.165) is 40.0 Å². The van der Waals surface area contributed by atoms with Crippen LogP contribution in [0.5, 0.6) is 11.5 Å². The molecule has 1 atom stereocenters. The predicted octanol–water partition coefficient (Wildman–Crippen LogP) is 10.3. The third-order valence-electron chi connectivity index (χ3n) is 7.71. The molecule has 0 bridgehead atoms. The van der Waals surface area contributed by atoms with Crippen LogP contribution in [0, 0.1) is 6.92 Å². The Morgan fingerprint density at radius 1 is 0.683 bits per heavy atom. The van der Waals surface area contributed by atoms with Crippen molar-refractivity contribution in [1.29, 1.82) is 0 Å². The quantitative estimate of drug-likeness (QED) is 0.179. The lowest BCUT2D eigenvalue weighted by Crippen LogP contribution is -2.11. The van der Waals surface area contributed by atoms with Crippen LogP contribution in [0.4, 0.5) is 17.1 Å². The van der Waals surface area contributed by atoms with Crippen molar-refractivity contribution in [2.45, 2.75) is 33.1 Å². The molecule has 0 radical (unpaired) electrons. The van der Waals surface area contributed by atoms with Gasteiger partial charge in [-0.15, -0.1) is 0 Å². The molecule has 1 unspecified atom stereocenters. The van der Waals surface area contributed by atoms with Crippen LogP contribution in [-0.4, -0.2) is 13.2 Å². The number of rotatable bonds is 9. The standard InChI is InChI=1S/C37H34ClNO2/c1-4-40-30-18-14-28(15-19-30)39(29-16-20-31(21-17-29)41-5-2)36-8-6-7-32-35(24-26-10-12-27(38)13-11-26)34-23-25(3)9-22-33(34)37(32)36/h6-23,35H,4-5,24H2,1-3H3. The zero-order valence-corrected chi connectivity index (χ0v) is 24.5. The molecule has 5 aromatic carbocycles. The number of hydrogen-bond acceptors (Lipinski definition) is 3. The third-order valence-corrected chi connectivity index (χ3v) is 7.96. The van der Waals surface area contributed by atoms with E-state index in [0.29, 0.717) is 13.2 Å². The molecule has 0 fully saturated rings. The number of benzene rings is 5. The Bertz CT molecular complexity index is 1590. The maximum absolute atomic E-state index is 6.22. The summed E-state index contributed by atoms with van der Waals surface area (Å²) in [5.74, 6) is 1.98. The van der Waals surface area contributed by atoms with Gasteiger partial charge in [0.25, 0.3) is 0 Å². The van der Waals surface area contributed by atoms with Crippen molar-refractivity contribution in [3.05, 3.63) is 136 Å². The van der Waals surface area contributed by atoms with Crippen molar-refractivity contribution in [1.82, 2.24) is 0 Å². The highest BCUT2D eigenvalue weighted by Gasteiger charge is 2.32. The zero-order valence-electron chi connectivity index (χ0n) is 23.7. The van der Waals surface area contributed by atoms with Crippen molar-refractivity contribution < 1.29 is 9.47 Å². The van der Waals surface area contributed by atoms with Crippen LogP contribution < -0.4 is 14.4 Å². The second-order valence-corrected chi connectivity index (χ2v) is 10.8. The SMILES string of the molecule is CCOc1ccc(N(c2ccc(OCC)cc2)c2cccc3c2-c2ccc(C)cc2C3Cc2ccc(Cl)cc2)cc1. The highest BCUT2D eigenvalue weighted by atomic mass is 35.5. The van der Waals surface area contributed by atoms with Crippen LogP contribution in [0.2, 0.25) is 5.02 Å². The molecule has 0 heterocycles. The van der Waals surface area contributed by atoms with E-state index in [4.69, 9.17) is 21.1 Å². The summed E-state index contributed by atoms with van der Waals surface area (Å²) in [5, 5.41) is 0.764. The molecule has 1 aliphatic carbocycles. The van der Waals surface area contributed by atoms with Gasteiger partial charge in [0.2, 0.25) is 0 Å². The summed E-state index contributed by atoms with van der Waals surface area (Å²) >= 11 is 6.22. The maximum atomic E-state index is 6.22. The summed E-state index contributed by atoms with van der Waals surface area (Å²) in [7, 11) is 0. The Hall–Kier alpha value is -4.21. The van der Waals surface area contributed by atoms with Crippen LogP contribution in [0.25, 0.3) is 11.1 Å². The largest absolute Gasteiger partial charge is 0.494 e. The van der Waals surface area contributed by atoms with Gasteiger partial charge in [-0.3, -0.25) is 0 Å². The Morgan fingerprint density at radius 2 is 1.29 bits per heavy atom. The monoisotopic (exact) mass is 559 g/mol. The molecule has 206 valence electrons. The third kappa shape index (κ3) is 5.42. The van der Waals surface area contributed by atoms with Crippen molar-refractivity contribution in [2.24, 2.45) is 0 Å². The molecule has 4 heteroatoms. The lowest BCUT2D eigenvalue weighted by atomic mass is 9.89. The summed E-state index contributed by atoms with van der Waals surface area (Å²) in [6.45, 7) is 7.47. The van der Waals surface area contributed by atoms with Crippen LogP contribution in [-0.2, 0) is 6.42 Å². The number of ether oxygens (including phenoxy) is 2. The first-order valence-electron chi connectivity index (χ1n) is 14.3. The molecule has 0 aromatic heterocycles. The Morgan fingerprint density at radius 3 is 1.88 bits per heavy atom. The van der Waals surface area contributed by atoms with Crippen LogP contribution >= 0.6 is 11.6 Å². The van der Waals surface area contributed by atoms with Gasteiger partial charge in [-0.25, -0.2) is 0 Å². The minimum Gasteiger partial charge on any atom is -0.494 e. The fourth-order valence-corrected chi connectivity index (χ4v) is 6.04. The topological polar surface area (TPSA) is 21.7 Å². The van der Waals surface area contributed by atoms with Crippen molar-refractivity contribution in [3.8, 4) is 22.6 Å². The molecule has 6 rings (SSSR count). The fraction of sp³-hybridized carbons (Fsp3) is 0.189. The van der Waals surface area contributed by atoms with Gasteiger partial charge < -0.3 is 14.4 Å². The first kappa shape index (κ1) is 27.0. The highest BCUT2D eigenvalue weighted by molar-refractivity contribution is 6.30. The number of halogens is 1. The first-order chi connectivity index (χ1) is 20.1. The number of hydrogen-bond donors (Lipinski definition) is 0. The number of nitrogens with zero attached hydrogens (tertiary/aromatic N) is 1. The predicted molar refractivity (Wildman–Crippen MR) is 171 cm³/mol. The zero-order chi connectivity index (χ0) is 28.3. The molecule has 0 amide bonds. The van der Waals surface area contributed by atoms with E-state index in [1.165, 1.54) is 33.4 Å². The lowest BCUT2D eigenvalue weighted by Gasteiger charge is -2.28. The average molecular weight is 560 g/mol. The van der Waals surface area contributed by atoms with Gasteiger partial charge in [-0.05, 0) is 116 Å². The molecule has 1 aliphatic rings. The smallest absolute Gasteiger partial charge is 0.119 e. The second-order valence-electron chi connectivity index (χ2n) is 10.4. The van der Waals surface area contributed by atoms with E-state index in [-0.39, 0.29) is 5.92 Å². The van der Waals surface area contributed by atoms with E-state index in [9.17, 15) is 0 Å². The van der Waals surface area contributed by atoms with E-state index in [2.05, 4.69) is 84.6 Å². The number of aryl methyl sites for hydroxylation is 1. The first-order valence-corrected chi connectivity index (χ1v) is 14.7. The molecule has 0 saturated carbocycles. The van der Waals surface area contributed by atoms with Gasteiger partial charge in [0.05, 0.1) is 18.9 Å². The number of fused-ring (bicyclic) bond motifs is 3. The Balaban J connectivity index is 1.51. The molecular weight excluding hydrogens is 526 g/mol. The van der Waals surface area contributed by atoms with Gasteiger partial charge in [0, 0.05) is 27.9 Å². The molecule has 0 saturated heterocycles. The summed E-state index contributed by atoms with van der Waals surface area (Å²) in [5.41, 5.74) is 11.1. The average Bonchev–Trinajstić information content (AvgIpc) is 3.29. The minimum atomic E-state index is 0.253. The van der Waals surface area contributed by atoms with Crippen molar-refractivity contribution >= 4 is 28.7 Å². The highest BCUT2D eigenvalue weighted by Crippen LogP contribution is 2.53. The van der Waals surface area contributed by atoms with Crippen LogP contribution in [0.15, 0.2) is 109 Å².